The van der Waals surface area contributed by atoms with Gasteiger partial charge >= 0.3 is 0 Å². The predicted molar refractivity (Wildman–Crippen MR) is 97.7 cm³/mol. The van der Waals surface area contributed by atoms with Crippen LogP contribution >= 0.6 is 0 Å². The quantitative estimate of drug-likeness (QED) is 0.907. The number of hydrogen-bond acceptors (Lipinski definition) is 3. The van der Waals surface area contributed by atoms with Crippen molar-refractivity contribution >= 4 is 5.91 Å². The standard InChI is InChI=1S/C20H27N3O2/c1-5-20(18-9-7-6-8-16(18)10-11-25-20)13-21-19(24)17-12-23(14(2)3)22-15(17)4/h6-9,12,14H,5,10-11,13H2,1-4H3,(H,21,24). The maximum Gasteiger partial charge on any atom is 0.254 e. The van der Waals surface area contributed by atoms with E-state index in [0.29, 0.717) is 18.7 Å². The van der Waals surface area contributed by atoms with E-state index in [2.05, 4.69) is 35.5 Å². The lowest BCUT2D eigenvalue weighted by molar-refractivity contribution is -0.0606. The van der Waals surface area contributed by atoms with E-state index in [9.17, 15) is 4.79 Å². The maximum atomic E-state index is 12.7. The molecule has 0 aliphatic carbocycles. The van der Waals surface area contributed by atoms with Gasteiger partial charge in [-0.25, -0.2) is 0 Å². The molecule has 5 nitrogen and oxygen atoms in total. The Hall–Kier alpha value is -2.14. The Morgan fingerprint density at radius 2 is 2.16 bits per heavy atom. The summed E-state index contributed by atoms with van der Waals surface area (Å²) in [6.07, 6.45) is 3.56. The van der Waals surface area contributed by atoms with Crippen molar-refractivity contribution < 1.29 is 9.53 Å². The lowest BCUT2D eigenvalue weighted by atomic mass is 9.84. The average Bonchev–Trinajstić information content (AvgIpc) is 3.02. The Labute approximate surface area is 149 Å². The molecule has 1 aromatic heterocycles. The minimum absolute atomic E-state index is 0.0936. The topological polar surface area (TPSA) is 56.2 Å². The van der Waals surface area contributed by atoms with E-state index in [1.54, 1.807) is 0 Å². The first kappa shape index (κ1) is 17.7. The first-order valence-electron chi connectivity index (χ1n) is 9.03. The highest BCUT2D eigenvalue weighted by Crippen LogP contribution is 2.35. The van der Waals surface area contributed by atoms with Crippen LogP contribution in [0.2, 0.25) is 0 Å². The molecule has 0 bridgehead atoms. The molecule has 1 atom stereocenters. The largest absolute Gasteiger partial charge is 0.368 e. The summed E-state index contributed by atoms with van der Waals surface area (Å²) >= 11 is 0. The highest BCUT2D eigenvalue weighted by atomic mass is 16.5. The molecule has 0 saturated carbocycles. The van der Waals surface area contributed by atoms with Gasteiger partial charge in [0.05, 0.1) is 24.4 Å². The van der Waals surface area contributed by atoms with Gasteiger partial charge in [0.15, 0.2) is 0 Å². The van der Waals surface area contributed by atoms with Crippen LogP contribution in [-0.2, 0) is 16.8 Å². The number of nitrogens with zero attached hydrogens (tertiary/aromatic N) is 2. The SMILES string of the molecule is CCC1(CNC(=O)c2cn(C(C)C)nc2C)OCCc2ccccc21. The molecule has 1 aliphatic heterocycles. The van der Waals surface area contributed by atoms with E-state index in [1.165, 1.54) is 11.1 Å². The van der Waals surface area contributed by atoms with Crippen LogP contribution in [-0.4, -0.2) is 28.8 Å². The van der Waals surface area contributed by atoms with Gasteiger partial charge in [0, 0.05) is 12.2 Å². The van der Waals surface area contributed by atoms with E-state index < -0.39 is 5.60 Å². The number of carbonyl (C=O) groups is 1. The minimum atomic E-state index is -0.452. The Morgan fingerprint density at radius 3 is 2.84 bits per heavy atom. The Morgan fingerprint density at radius 1 is 1.40 bits per heavy atom. The van der Waals surface area contributed by atoms with Gasteiger partial charge < -0.3 is 10.1 Å². The van der Waals surface area contributed by atoms with Crippen molar-refractivity contribution in [1.29, 1.82) is 0 Å². The normalized spacial score (nSPS) is 19.7. The summed E-state index contributed by atoms with van der Waals surface area (Å²) in [4.78, 5) is 12.7. The molecule has 1 aromatic carbocycles. The van der Waals surface area contributed by atoms with Crippen LogP contribution in [0.3, 0.4) is 0 Å². The molecule has 0 saturated heterocycles. The van der Waals surface area contributed by atoms with E-state index in [1.807, 2.05) is 37.7 Å². The zero-order chi connectivity index (χ0) is 18.0. The Balaban J connectivity index is 1.79. The van der Waals surface area contributed by atoms with Crippen LogP contribution in [0.25, 0.3) is 0 Å². The first-order valence-corrected chi connectivity index (χ1v) is 9.03. The number of rotatable bonds is 5. The van der Waals surface area contributed by atoms with E-state index >= 15 is 0 Å². The molecule has 1 N–H and O–H groups in total. The number of benzene rings is 1. The number of carbonyl (C=O) groups excluding carboxylic acids is 1. The molecule has 0 spiro atoms. The molecule has 3 rings (SSSR count). The molecular weight excluding hydrogens is 314 g/mol. The molecule has 0 fully saturated rings. The third-order valence-electron chi connectivity index (χ3n) is 5.05. The van der Waals surface area contributed by atoms with Crippen LogP contribution in [0.15, 0.2) is 30.5 Å². The monoisotopic (exact) mass is 341 g/mol. The highest BCUT2D eigenvalue weighted by Gasteiger charge is 2.36. The van der Waals surface area contributed by atoms with Crippen molar-refractivity contribution in [3.8, 4) is 0 Å². The third-order valence-corrected chi connectivity index (χ3v) is 5.05. The molecule has 1 amide bonds. The fourth-order valence-corrected chi connectivity index (χ4v) is 3.47. The fraction of sp³-hybridized carbons (Fsp3) is 0.500. The van der Waals surface area contributed by atoms with Crippen LogP contribution in [0.5, 0.6) is 0 Å². The van der Waals surface area contributed by atoms with Crippen LogP contribution in [0.4, 0.5) is 0 Å². The summed E-state index contributed by atoms with van der Waals surface area (Å²) in [5.41, 5.74) is 3.44. The molecule has 1 aliphatic rings. The third kappa shape index (κ3) is 3.33. The lowest BCUT2D eigenvalue weighted by Gasteiger charge is -2.38. The fourth-order valence-electron chi connectivity index (χ4n) is 3.47. The van der Waals surface area contributed by atoms with Crippen molar-refractivity contribution in [2.45, 2.75) is 52.2 Å². The van der Waals surface area contributed by atoms with Gasteiger partial charge in [-0.1, -0.05) is 31.2 Å². The summed E-state index contributed by atoms with van der Waals surface area (Å²) in [5, 5.41) is 7.50. The van der Waals surface area contributed by atoms with Crippen molar-refractivity contribution in [3.05, 3.63) is 52.8 Å². The van der Waals surface area contributed by atoms with Crippen molar-refractivity contribution in [3.63, 3.8) is 0 Å². The summed E-state index contributed by atoms with van der Waals surface area (Å²) in [5.74, 6) is -0.0936. The molecular formula is C20H27N3O2. The average molecular weight is 341 g/mol. The van der Waals surface area contributed by atoms with Crippen LogP contribution < -0.4 is 5.32 Å². The molecule has 0 radical (unpaired) electrons. The van der Waals surface area contributed by atoms with Gasteiger partial charge in [-0.15, -0.1) is 0 Å². The van der Waals surface area contributed by atoms with Gasteiger partial charge in [-0.2, -0.15) is 5.10 Å². The number of aromatic nitrogens is 2. The van der Waals surface area contributed by atoms with Gasteiger partial charge in [0.2, 0.25) is 0 Å². The second-order valence-corrected chi connectivity index (χ2v) is 6.99. The van der Waals surface area contributed by atoms with Crippen LogP contribution in [0.1, 0.15) is 60.4 Å². The molecule has 2 heterocycles. The van der Waals surface area contributed by atoms with E-state index in [4.69, 9.17) is 4.74 Å². The first-order chi connectivity index (χ1) is 12.0. The molecule has 1 unspecified atom stereocenters. The second-order valence-electron chi connectivity index (χ2n) is 6.99. The van der Waals surface area contributed by atoms with Gasteiger partial charge in [0.25, 0.3) is 5.91 Å². The number of fused-ring (bicyclic) bond motifs is 1. The zero-order valence-electron chi connectivity index (χ0n) is 15.5. The summed E-state index contributed by atoms with van der Waals surface area (Å²) < 4.78 is 7.99. The number of ether oxygens (including phenoxy) is 1. The van der Waals surface area contributed by atoms with Crippen molar-refractivity contribution in [2.75, 3.05) is 13.2 Å². The summed E-state index contributed by atoms with van der Waals surface area (Å²) in [7, 11) is 0. The molecule has 25 heavy (non-hydrogen) atoms. The van der Waals surface area contributed by atoms with Gasteiger partial charge in [-0.05, 0) is 44.7 Å². The maximum absolute atomic E-state index is 12.7. The van der Waals surface area contributed by atoms with Crippen LogP contribution in [0, 0.1) is 6.92 Å². The minimum Gasteiger partial charge on any atom is -0.368 e. The summed E-state index contributed by atoms with van der Waals surface area (Å²) in [6, 6.07) is 8.60. The molecule has 5 heteroatoms. The number of nitrogens with one attached hydrogen (secondary N) is 1. The highest BCUT2D eigenvalue weighted by molar-refractivity contribution is 5.95. The van der Waals surface area contributed by atoms with Crippen molar-refractivity contribution in [1.82, 2.24) is 15.1 Å². The van der Waals surface area contributed by atoms with Gasteiger partial charge in [0.1, 0.15) is 5.60 Å². The number of hydrogen-bond donors (Lipinski definition) is 1. The number of amides is 1. The van der Waals surface area contributed by atoms with E-state index in [0.717, 1.165) is 18.5 Å². The molecule has 134 valence electrons. The summed E-state index contributed by atoms with van der Waals surface area (Å²) in [6.45, 7) is 9.22. The predicted octanol–water partition coefficient (Wildman–Crippen LogP) is 3.38. The van der Waals surface area contributed by atoms with E-state index in [-0.39, 0.29) is 11.9 Å². The number of aryl methyl sites for hydroxylation is 1. The lowest BCUT2D eigenvalue weighted by Crippen LogP contribution is -2.45. The zero-order valence-corrected chi connectivity index (χ0v) is 15.5. The van der Waals surface area contributed by atoms with Gasteiger partial charge in [-0.3, -0.25) is 9.48 Å². The Kier molecular flexibility index (Phi) is 4.95. The second kappa shape index (κ2) is 7.00. The van der Waals surface area contributed by atoms with Crippen molar-refractivity contribution in [2.24, 2.45) is 0 Å². The molecule has 2 aromatic rings. The smallest absolute Gasteiger partial charge is 0.254 e. The Bertz CT molecular complexity index is 766.